The molecule has 0 saturated carbocycles. The Morgan fingerprint density at radius 3 is 2.56 bits per heavy atom. The number of rotatable bonds is 9. The first-order valence-electron chi connectivity index (χ1n) is 6.36. The van der Waals surface area contributed by atoms with E-state index < -0.39 is 0 Å². The third kappa shape index (κ3) is 9.20. The van der Waals surface area contributed by atoms with E-state index in [0.29, 0.717) is 19.8 Å². The molecule has 0 aromatic rings. The zero-order chi connectivity index (χ0) is 13.6. The third-order valence-corrected chi connectivity index (χ3v) is 2.20. The maximum Gasteiger partial charge on any atom is 0.118 e. The molecule has 0 radical (unpaired) electrons. The molecule has 0 amide bonds. The van der Waals surface area contributed by atoms with Crippen LogP contribution < -0.4 is 0 Å². The van der Waals surface area contributed by atoms with Crippen molar-refractivity contribution < 1.29 is 19.7 Å². The van der Waals surface area contributed by atoms with Crippen LogP contribution in [0.4, 0.5) is 0 Å². The highest BCUT2D eigenvalue weighted by atomic mass is 16.5. The summed E-state index contributed by atoms with van der Waals surface area (Å²) >= 11 is 0. The maximum atomic E-state index is 8.72. The summed E-state index contributed by atoms with van der Waals surface area (Å²) in [6.45, 7) is 5.03. The third-order valence-electron chi connectivity index (χ3n) is 2.20. The van der Waals surface area contributed by atoms with E-state index in [4.69, 9.17) is 19.7 Å². The molecule has 18 heavy (non-hydrogen) atoms. The molecular weight excluding hydrogens is 232 g/mol. The van der Waals surface area contributed by atoms with Gasteiger partial charge in [0.05, 0.1) is 33.0 Å². The Labute approximate surface area is 110 Å². The first kappa shape index (κ1) is 17.1. The topological polar surface area (TPSA) is 58.9 Å². The molecule has 0 rings (SSSR count). The Balaban J connectivity index is 4.25. The lowest BCUT2D eigenvalue weighted by Gasteiger charge is -2.09. The Kier molecular flexibility index (Phi) is 12.0. The van der Waals surface area contributed by atoms with Gasteiger partial charge in [0.25, 0.3) is 0 Å². The molecule has 1 unspecified atom stereocenters. The van der Waals surface area contributed by atoms with E-state index in [-0.39, 0.29) is 19.3 Å². The fourth-order valence-electron chi connectivity index (χ4n) is 1.27. The van der Waals surface area contributed by atoms with Crippen molar-refractivity contribution in [1.82, 2.24) is 0 Å². The minimum Gasteiger partial charge on any atom is -0.394 e. The van der Waals surface area contributed by atoms with Gasteiger partial charge in [0.1, 0.15) is 6.10 Å². The van der Waals surface area contributed by atoms with Crippen LogP contribution in [0.25, 0.3) is 0 Å². The molecule has 0 aromatic carbocycles. The van der Waals surface area contributed by atoms with Crippen LogP contribution in [-0.2, 0) is 9.47 Å². The van der Waals surface area contributed by atoms with Crippen molar-refractivity contribution in [2.75, 3.05) is 33.0 Å². The summed E-state index contributed by atoms with van der Waals surface area (Å²) in [4.78, 5) is 0. The molecule has 2 N–H and O–H groups in total. The SMILES string of the molecule is C/C=C(/C#CC(CCC)OCCO)COCCO. The smallest absolute Gasteiger partial charge is 0.118 e. The van der Waals surface area contributed by atoms with Gasteiger partial charge in [-0.2, -0.15) is 0 Å². The first-order valence-corrected chi connectivity index (χ1v) is 6.36. The van der Waals surface area contributed by atoms with Gasteiger partial charge in [-0.05, 0) is 13.3 Å². The molecule has 0 aromatic heterocycles. The predicted molar refractivity (Wildman–Crippen MR) is 71.2 cm³/mol. The Bertz CT molecular complexity index is 275. The number of aliphatic hydroxyl groups excluding tert-OH is 2. The van der Waals surface area contributed by atoms with Crippen LogP contribution in [0, 0.1) is 11.8 Å². The van der Waals surface area contributed by atoms with Crippen molar-refractivity contribution >= 4 is 0 Å². The minimum atomic E-state index is -0.144. The highest BCUT2D eigenvalue weighted by Crippen LogP contribution is 2.02. The van der Waals surface area contributed by atoms with Gasteiger partial charge < -0.3 is 19.7 Å². The summed E-state index contributed by atoms with van der Waals surface area (Å²) in [6.07, 6.45) is 3.58. The zero-order valence-electron chi connectivity index (χ0n) is 11.3. The standard InChI is InChI=1S/C14H24O4/c1-3-5-14(18-11-9-16)7-6-13(4-2)12-17-10-8-15/h4,14-16H,3,5,8-12H2,1-2H3/b13-4-. The van der Waals surface area contributed by atoms with Crippen LogP contribution in [0.2, 0.25) is 0 Å². The number of allylic oxidation sites excluding steroid dienone is 1. The summed E-state index contributed by atoms with van der Waals surface area (Å²) in [5.74, 6) is 6.06. The molecule has 0 aliphatic rings. The zero-order valence-corrected chi connectivity index (χ0v) is 11.3. The highest BCUT2D eigenvalue weighted by Gasteiger charge is 2.03. The van der Waals surface area contributed by atoms with Crippen LogP contribution in [0.15, 0.2) is 11.6 Å². The Morgan fingerprint density at radius 2 is 2.00 bits per heavy atom. The van der Waals surface area contributed by atoms with E-state index in [9.17, 15) is 0 Å². The van der Waals surface area contributed by atoms with Crippen LogP contribution >= 0.6 is 0 Å². The molecule has 104 valence electrons. The average Bonchev–Trinajstić information content (AvgIpc) is 2.39. The fourth-order valence-corrected chi connectivity index (χ4v) is 1.27. The Hall–Kier alpha value is -0.860. The summed E-state index contributed by atoms with van der Waals surface area (Å²) in [6, 6.07) is 0. The molecule has 0 aliphatic carbocycles. The quantitative estimate of drug-likeness (QED) is 0.479. The predicted octanol–water partition coefficient (Wildman–Crippen LogP) is 1.12. The molecule has 0 spiro atoms. The molecule has 0 heterocycles. The molecule has 0 saturated heterocycles. The number of hydrogen-bond donors (Lipinski definition) is 2. The molecule has 4 heteroatoms. The van der Waals surface area contributed by atoms with E-state index >= 15 is 0 Å². The number of aliphatic hydroxyl groups is 2. The molecular formula is C14H24O4. The first-order chi connectivity index (χ1) is 8.78. The average molecular weight is 256 g/mol. The van der Waals surface area contributed by atoms with Gasteiger partial charge >= 0.3 is 0 Å². The highest BCUT2D eigenvalue weighted by molar-refractivity contribution is 5.29. The Morgan fingerprint density at radius 1 is 1.28 bits per heavy atom. The normalized spacial score (nSPS) is 13.0. The van der Waals surface area contributed by atoms with E-state index in [0.717, 1.165) is 18.4 Å². The largest absolute Gasteiger partial charge is 0.394 e. The van der Waals surface area contributed by atoms with E-state index in [1.54, 1.807) is 0 Å². The lowest BCUT2D eigenvalue weighted by atomic mass is 10.2. The molecule has 0 fully saturated rings. The summed E-state index contributed by atoms with van der Waals surface area (Å²) in [5, 5.41) is 17.3. The maximum absolute atomic E-state index is 8.72. The van der Waals surface area contributed by atoms with E-state index in [2.05, 4.69) is 18.8 Å². The van der Waals surface area contributed by atoms with Gasteiger partial charge in [-0.15, -0.1) is 0 Å². The minimum absolute atomic E-state index is 0.0119. The lowest BCUT2D eigenvalue weighted by Crippen LogP contribution is -2.13. The molecule has 4 nitrogen and oxygen atoms in total. The second-order valence-electron chi connectivity index (χ2n) is 3.73. The van der Waals surface area contributed by atoms with Gasteiger partial charge in [-0.3, -0.25) is 0 Å². The number of ether oxygens (including phenoxy) is 2. The van der Waals surface area contributed by atoms with Crippen molar-refractivity contribution in [3.63, 3.8) is 0 Å². The van der Waals surface area contributed by atoms with Crippen LogP contribution in [0.5, 0.6) is 0 Å². The fraction of sp³-hybridized carbons (Fsp3) is 0.714. The van der Waals surface area contributed by atoms with Crippen molar-refractivity contribution in [3.05, 3.63) is 11.6 Å². The monoisotopic (exact) mass is 256 g/mol. The van der Waals surface area contributed by atoms with Crippen molar-refractivity contribution in [3.8, 4) is 11.8 Å². The lowest BCUT2D eigenvalue weighted by molar-refractivity contribution is 0.0549. The van der Waals surface area contributed by atoms with Gasteiger partial charge in [0, 0.05) is 5.57 Å². The van der Waals surface area contributed by atoms with Gasteiger partial charge in [-0.1, -0.05) is 31.3 Å². The number of hydrogen-bond acceptors (Lipinski definition) is 4. The van der Waals surface area contributed by atoms with E-state index in [1.165, 1.54) is 0 Å². The molecule has 0 bridgehead atoms. The second-order valence-corrected chi connectivity index (χ2v) is 3.73. The van der Waals surface area contributed by atoms with Crippen LogP contribution in [0.1, 0.15) is 26.7 Å². The molecule has 0 aliphatic heterocycles. The summed E-state index contributed by atoms with van der Waals surface area (Å²) in [7, 11) is 0. The summed E-state index contributed by atoms with van der Waals surface area (Å²) < 4.78 is 10.6. The van der Waals surface area contributed by atoms with Crippen molar-refractivity contribution in [2.24, 2.45) is 0 Å². The van der Waals surface area contributed by atoms with Gasteiger partial charge in [0.2, 0.25) is 0 Å². The van der Waals surface area contributed by atoms with E-state index in [1.807, 2.05) is 13.0 Å². The summed E-state index contributed by atoms with van der Waals surface area (Å²) in [5.41, 5.74) is 0.872. The van der Waals surface area contributed by atoms with Crippen LogP contribution in [-0.4, -0.2) is 49.4 Å². The van der Waals surface area contributed by atoms with Gasteiger partial charge in [-0.25, -0.2) is 0 Å². The van der Waals surface area contributed by atoms with Crippen LogP contribution in [0.3, 0.4) is 0 Å². The second kappa shape index (κ2) is 12.6. The van der Waals surface area contributed by atoms with Gasteiger partial charge in [0.15, 0.2) is 0 Å². The van der Waals surface area contributed by atoms with Crippen molar-refractivity contribution in [2.45, 2.75) is 32.8 Å². The van der Waals surface area contributed by atoms with Crippen molar-refractivity contribution in [1.29, 1.82) is 0 Å². The molecule has 1 atom stereocenters.